The normalized spacial score (nSPS) is 22.1. The lowest BCUT2D eigenvalue weighted by Crippen LogP contribution is -3.11. The molecule has 1 aliphatic rings. The van der Waals surface area contributed by atoms with Gasteiger partial charge in [-0.15, -0.1) is 0 Å². The van der Waals surface area contributed by atoms with E-state index in [0.717, 1.165) is 49.6 Å². The average Bonchev–Trinajstić information content (AvgIpc) is 3.01. The Labute approximate surface area is 143 Å². The Morgan fingerprint density at radius 3 is 2.54 bits per heavy atom. The first kappa shape index (κ1) is 16.8. The van der Waals surface area contributed by atoms with E-state index in [0.29, 0.717) is 0 Å². The molecule has 0 bridgehead atoms. The van der Waals surface area contributed by atoms with Crippen molar-refractivity contribution in [1.29, 1.82) is 0 Å². The summed E-state index contributed by atoms with van der Waals surface area (Å²) < 4.78 is 5.66. The molecule has 3 rings (SSSR count). The van der Waals surface area contributed by atoms with Crippen molar-refractivity contribution < 1.29 is 14.1 Å². The molecule has 1 aromatic heterocycles. The molecule has 4 heteroatoms. The summed E-state index contributed by atoms with van der Waals surface area (Å²) in [6, 6.07) is 14.3. The predicted molar refractivity (Wildman–Crippen MR) is 93.6 cm³/mol. The van der Waals surface area contributed by atoms with E-state index < -0.39 is 0 Å². The van der Waals surface area contributed by atoms with Crippen LogP contribution >= 0.6 is 0 Å². The van der Waals surface area contributed by atoms with E-state index in [2.05, 4.69) is 23.5 Å². The van der Waals surface area contributed by atoms with Gasteiger partial charge in [-0.1, -0.05) is 30.3 Å². The summed E-state index contributed by atoms with van der Waals surface area (Å²) in [6.07, 6.45) is 1.89. The first-order valence-electron chi connectivity index (χ1n) is 8.86. The largest absolute Gasteiger partial charge is 0.460 e. The van der Waals surface area contributed by atoms with Gasteiger partial charge in [0.2, 0.25) is 5.91 Å². The summed E-state index contributed by atoms with van der Waals surface area (Å²) in [5, 5.41) is 3.17. The van der Waals surface area contributed by atoms with Crippen molar-refractivity contribution in [1.82, 2.24) is 5.32 Å². The minimum atomic E-state index is 0.0650. The molecule has 0 saturated carbocycles. The second-order valence-electron chi connectivity index (χ2n) is 6.85. The summed E-state index contributed by atoms with van der Waals surface area (Å²) in [7, 11) is 0. The van der Waals surface area contributed by atoms with Crippen LogP contribution < -0.4 is 10.2 Å². The summed E-state index contributed by atoms with van der Waals surface area (Å²) in [4.78, 5) is 14.0. The first-order valence-corrected chi connectivity index (χ1v) is 8.86. The number of amides is 1. The SMILES string of the molecule is Cc1ccc(C[NH+]2CCC(C(=O)N[C@@H](C)c3ccccc3)CC2)o1. The van der Waals surface area contributed by atoms with Crippen LogP contribution in [-0.4, -0.2) is 19.0 Å². The third-order valence-electron chi connectivity index (χ3n) is 4.94. The monoisotopic (exact) mass is 327 g/mol. The zero-order chi connectivity index (χ0) is 16.9. The number of likely N-dealkylation sites (tertiary alicyclic amines) is 1. The van der Waals surface area contributed by atoms with Gasteiger partial charge in [0.05, 0.1) is 19.1 Å². The van der Waals surface area contributed by atoms with Crippen molar-refractivity contribution in [2.75, 3.05) is 13.1 Å². The van der Waals surface area contributed by atoms with Crippen LogP contribution in [0.3, 0.4) is 0 Å². The summed E-state index contributed by atoms with van der Waals surface area (Å²) in [6.45, 7) is 6.99. The van der Waals surface area contributed by atoms with E-state index in [1.54, 1.807) is 0 Å². The number of hydrogen-bond acceptors (Lipinski definition) is 2. The van der Waals surface area contributed by atoms with Gasteiger partial charge in [-0.2, -0.15) is 0 Å². The Hall–Kier alpha value is -2.07. The fourth-order valence-corrected chi connectivity index (χ4v) is 3.45. The molecular weight excluding hydrogens is 300 g/mol. The van der Waals surface area contributed by atoms with Gasteiger partial charge in [0.15, 0.2) is 5.76 Å². The summed E-state index contributed by atoms with van der Waals surface area (Å²) >= 11 is 0. The minimum Gasteiger partial charge on any atom is -0.460 e. The van der Waals surface area contributed by atoms with Crippen LogP contribution in [0.2, 0.25) is 0 Å². The minimum absolute atomic E-state index is 0.0650. The van der Waals surface area contributed by atoms with Crippen LogP contribution in [0.25, 0.3) is 0 Å². The molecule has 2 N–H and O–H groups in total. The Kier molecular flexibility index (Phi) is 5.36. The van der Waals surface area contributed by atoms with E-state index in [4.69, 9.17) is 4.42 Å². The summed E-state index contributed by atoms with van der Waals surface area (Å²) in [5.74, 6) is 2.34. The number of piperidine rings is 1. The van der Waals surface area contributed by atoms with E-state index in [9.17, 15) is 4.79 Å². The van der Waals surface area contributed by atoms with Crippen LogP contribution in [0, 0.1) is 12.8 Å². The quantitative estimate of drug-likeness (QED) is 0.885. The lowest BCUT2D eigenvalue weighted by atomic mass is 9.95. The maximum absolute atomic E-state index is 12.5. The average molecular weight is 327 g/mol. The lowest BCUT2D eigenvalue weighted by Gasteiger charge is -2.29. The number of carbonyl (C=O) groups excluding carboxylic acids is 1. The second-order valence-corrected chi connectivity index (χ2v) is 6.85. The van der Waals surface area contributed by atoms with Crippen LogP contribution in [0.15, 0.2) is 46.9 Å². The number of quaternary nitrogens is 1. The fourth-order valence-electron chi connectivity index (χ4n) is 3.45. The number of aryl methyl sites for hydroxylation is 1. The van der Waals surface area contributed by atoms with Crippen molar-refractivity contribution in [3.05, 3.63) is 59.5 Å². The predicted octanol–water partition coefficient (Wildman–Crippen LogP) is 2.26. The van der Waals surface area contributed by atoms with Crippen molar-refractivity contribution in [3.63, 3.8) is 0 Å². The smallest absolute Gasteiger partial charge is 0.224 e. The van der Waals surface area contributed by atoms with Crippen LogP contribution in [-0.2, 0) is 11.3 Å². The number of hydrogen-bond donors (Lipinski definition) is 2. The maximum atomic E-state index is 12.5. The number of furan rings is 1. The molecule has 1 aromatic carbocycles. The molecule has 2 heterocycles. The zero-order valence-corrected chi connectivity index (χ0v) is 14.5. The molecule has 0 spiro atoms. The highest BCUT2D eigenvalue weighted by atomic mass is 16.3. The second kappa shape index (κ2) is 7.67. The van der Waals surface area contributed by atoms with Crippen molar-refractivity contribution >= 4 is 5.91 Å². The van der Waals surface area contributed by atoms with E-state index in [1.807, 2.05) is 38.1 Å². The van der Waals surface area contributed by atoms with Crippen molar-refractivity contribution in [2.45, 2.75) is 39.3 Å². The lowest BCUT2D eigenvalue weighted by molar-refractivity contribution is -0.920. The van der Waals surface area contributed by atoms with E-state index >= 15 is 0 Å². The molecule has 1 atom stereocenters. The molecule has 0 aliphatic carbocycles. The standard InChI is InChI=1S/C20H26N2O2/c1-15-8-9-19(24-15)14-22-12-10-18(11-13-22)20(23)21-16(2)17-6-4-3-5-7-17/h3-9,16,18H,10-14H2,1-2H3,(H,21,23)/p+1/t16-/m0/s1. The number of nitrogens with one attached hydrogen (secondary N) is 2. The first-order chi connectivity index (χ1) is 11.6. The zero-order valence-electron chi connectivity index (χ0n) is 14.5. The third kappa shape index (κ3) is 4.26. The third-order valence-corrected chi connectivity index (χ3v) is 4.94. The maximum Gasteiger partial charge on any atom is 0.224 e. The van der Waals surface area contributed by atoms with E-state index in [-0.39, 0.29) is 17.9 Å². The molecule has 2 aromatic rings. The molecule has 1 saturated heterocycles. The Bertz CT molecular complexity index is 657. The van der Waals surface area contributed by atoms with Gasteiger partial charge in [-0.05, 0) is 31.5 Å². The van der Waals surface area contributed by atoms with E-state index in [1.165, 1.54) is 4.90 Å². The van der Waals surface area contributed by atoms with Gasteiger partial charge in [-0.25, -0.2) is 0 Å². The highest BCUT2D eigenvalue weighted by Crippen LogP contribution is 2.15. The molecule has 24 heavy (non-hydrogen) atoms. The van der Waals surface area contributed by atoms with Gasteiger partial charge >= 0.3 is 0 Å². The topological polar surface area (TPSA) is 46.7 Å². The van der Waals surface area contributed by atoms with Gasteiger partial charge in [0.1, 0.15) is 12.3 Å². The van der Waals surface area contributed by atoms with Gasteiger partial charge < -0.3 is 14.6 Å². The molecular formula is C20H27N2O2+. The Morgan fingerprint density at radius 2 is 1.92 bits per heavy atom. The fraction of sp³-hybridized carbons (Fsp3) is 0.450. The van der Waals surface area contributed by atoms with Gasteiger partial charge in [0, 0.05) is 18.8 Å². The van der Waals surface area contributed by atoms with Crippen LogP contribution in [0.5, 0.6) is 0 Å². The highest BCUT2D eigenvalue weighted by Gasteiger charge is 2.28. The molecule has 1 aliphatic heterocycles. The number of rotatable bonds is 5. The molecule has 0 unspecified atom stereocenters. The Balaban J connectivity index is 1.46. The number of benzene rings is 1. The molecule has 0 radical (unpaired) electrons. The van der Waals surface area contributed by atoms with Gasteiger partial charge in [0.25, 0.3) is 0 Å². The highest BCUT2D eigenvalue weighted by molar-refractivity contribution is 5.79. The van der Waals surface area contributed by atoms with Crippen LogP contribution in [0.4, 0.5) is 0 Å². The van der Waals surface area contributed by atoms with Crippen LogP contribution in [0.1, 0.15) is 42.9 Å². The Morgan fingerprint density at radius 1 is 1.21 bits per heavy atom. The molecule has 1 amide bonds. The number of carbonyl (C=O) groups is 1. The van der Waals surface area contributed by atoms with Crippen molar-refractivity contribution in [3.8, 4) is 0 Å². The van der Waals surface area contributed by atoms with Crippen molar-refractivity contribution in [2.24, 2.45) is 5.92 Å². The molecule has 1 fully saturated rings. The van der Waals surface area contributed by atoms with Gasteiger partial charge in [-0.3, -0.25) is 4.79 Å². The molecule has 4 nitrogen and oxygen atoms in total. The molecule has 128 valence electrons. The summed E-state index contributed by atoms with van der Waals surface area (Å²) in [5.41, 5.74) is 1.15.